The first kappa shape index (κ1) is 22.2. The second-order valence-corrected chi connectivity index (χ2v) is 8.61. The molecule has 32 heavy (non-hydrogen) atoms. The molecular weight excluding hydrogens is 406 g/mol. The zero-order valence-electron chi connectivity index (χ0n) is 18.5. The monoisotopic (exact) mass is 437 g/mol. The van der Waals surface area contributed by atoms with E-state index < -0.39 is 12.0 Å². The van der Waals surface area contributed by atoms with Gasteiger partial charge in [0.2, 0.25) is 0 Å². The number of phenols is 1. The van der Waals surface area contributed by atoms with E-state index in [1.54, 1.807) is 0 Å². The summed E-state index contributed by atoms with van der Waals surface area (Å²) in [5.74, 6) is 0.951. The van der Waals surface area contributed by atoms with Crippen molar-refractivity contribution >= 4 is 12.0 Å². The van der Waals surface area contributed by atoms with Crippen molar-refractivity contribution in [1.82, 2.24) is 4.90 Å². The maximum Gasteiger partial charge on any atom is 0.320 e. The first-order valence-electron chi connectivity index (χ1n) is 11.4. The van der Waals surface area contributed by atoms with Gasteiger partial charge in [-0.1, -0.05) is 31.9 Å². The van der Waals surface area contributed by atoms with E-state index in [1.165, 1.54) is 0 Å². The molecule has 1 unspecified atom stereocenters. The summed E-state index contributed by atoms with van der Waals surface area (Å²) in [6.45, 7) is 4.26. The lowest BCUT2D eigenvalue weighted by Gasteiger charge is -2.34. The molecule has 0 saturated carbocycles. The van der Waals surface area contributed by atoms with Gasteiger partial charge in [0, 0.05) is 23.7 Å². The number of fused-ring (bicyclic) bond motifs is 1. The van der Waals surface area contributed by atoms with Crippen molar-refractivity contribution in [3.05, 3.63) is 58.7 Å². The Kier molecular flexibility index (Phi) is 7.00. The fourth-order valence-corrected chi connectivity index (χ4v) is 4.43. The first-order valence-corrected chi connectivity index (χ1v) is 11.4. The van der Waals surface area contributed by atoms with Gasteiger partial charge in [-0.2, -0.15) is 0 Å². The van der Waals surface area contributed by atoms with E-state index in [-0.39, 0.29) is 12.4 Å². The molecule has 4 rings (SSSR count). The molecule has 170 valence electrons. The summed E-state index contributed by atoms with van der Waals surface area (Å²) >= 11 is 0. The highest BCUT2D eigenvalue weighted by molar-refractivity contribution is 5.73. The Morgan fingerprint density at radius 2 is 2.09 bits per heavy atom. The number of aryl methyl sites for hydroxylation is 1. The summed E-state index contributed by atoms with van der Waals surface area (Å²) in [4.78, 5) is 13.6. The molecule has 2 aromatic rings. The quantitative estimate of drug-likeness (QED) is 0.626. The number of aliphatic carboxylic acids is 1. The summed E-state index contributed by atoms with van der Waals surface area (Å²) < 4.78 is 11.9. The molecule has 1 atom stereocenters. The van der Waals surface area contributed by atoms with E-state index in [0.717, 1.165) is 60.2 Å². The van der Waals surface area contributed by atoms with Crippen molar-refractivity contribution < 1.29 is 24.5 Å². The van der Waals surface area contributed by atoms with Crippen LogP contribution < -0.4 is 9.47 Å². The van der Waals surface area contributed by atoms with Gasteiger partial charge in [-0.05, 0) is 61.2 Å². The van der Waals surface area contributed by atoms with Crippen LogP contribution in [0.5, 0.6) is 17.2 Å². The zero-order chi connectivity index (χ0) is 22.5. The van der Waals surface area contributed by atoms with Crippen LogP contribution in [0, 0.1) is 0 Å². The smallest absolute Gasteiger partial charge is 0.320 e. The van der Waals surface area contributed by atoms with Crippen LogP contribution in [0.1, 0.15) is 49.3 Å². The molecule has 0 bridgehead atoms. The topological polar surface area (TPSA) is 79.2 Å². The van der Waals surface area contributed by atoms with Crippen LogP contribution in [0.15, 0.2) is 42.0 Å². The molecule has 2 heterocycles. The molecule has 0 spiro atoms. The van der Waals surface area contributed by atoms with E-state index in [4.69, 9.17) is 9.47 Å². The fraction of sp³-hybridized carbons (Fsp3) is 0.423. The SMILES string of the molecule is CCCc1ccc(COc2ccc3c(c2)OCC(CN2CCCCC2C(=O)O)=C3)c(O)c1. The van der Waals surface area contributed by atoms with Gasteiger partial charge in [-0.3, -0.25) is 9.69 Å². The van der Waals surface area contributed by atoms with Crippen molar-refractivity contribution in [1.29, 1.82) is 0 Å². The number of carboxylic acids is 1. The Hall–Kier alpha value is -2.99. The maximum atomic E-state index is 11.6. The second kappa shape index (κ2) is 10.1. The number of piperidine rings is 1. The minimum Gasteiger partial charge on any atom is -0.508 e. The Labute approximate surface area is 189 Å². The average molecular weight is 438 g/mol. The minimum atomic E-state index is -0.741. The van der Waals surface area contributed by atoms with Crippen LogP contribution in [0.2, 0.25) is 0 Å². The van der Waals surface area contributed by atoms with E-state index >= 15 is 0 Å². The van der Waals surface area contributed by atoms with E-state index in [2.05, 4.69) is 13.0 Å². The number of likely N-dealkylation sites (tertiary alicyclic amines) is 1. The third kappa shape index (κ3) is 5.25. The van der Waals surface area contributed by atoms with Gasteiger partial charge >= 0.3 is 5.97 Å². The Morgan fingerprint density at radius 1 is 1.22 bits per heavy atom. The van der Waals surface area contributed by atoms with Crippen LogP contribution in [0.25, 0.3) is 6.08 Å². The lowest BCUT2D eigenvalue weighted by atomic mass is 10.00. The first-order chi connectivity index (χ1) is 15.5. The zero-order valence-corrected chi connectivity index (χ0v) is 18.5. The molecule has 6 heteroatoms. The second-order valence-electron chi connectivity index (χ2n) is 8.61. The molecular formula is C26H31NO5. The van der Waals surface area contributed by atoms with Crippen molar-refractivity contribution in [3.63, 3.8) is 0 Å². The highest BCUT2D eigenvalue weighted by Crippen LogP contribution is 2.32. The van der Waals surface area contributed by atoms with Crippen LogP contribution in [-0.4, -0.2) is 46.8 Å². The predicted octanol–water partition coefficient (Wildman–Crippen LogP) is 4.64. The molecule has 6 nitrogen and oxygen atoms in total. The lowest BCUT2D eigenvalue weighted by Crippen LogP contribution is -2.45. The average Bonchev–Trinajstić information content (AvgIpc) is 2.79. The molecule has 0 amide bonds. The van der Waals surface area contributed by atoms with Crippen LogP contribution in [0.3, 0.4) is 0 Å². The molecule has 0 aliphatic carbocycles. The van der Waals surface area contributed by atoms with E-state index in [0.29, 0.717) is 25.3 Å². The molecule has 1 saturated heterocycles. The van der Waals surface area contributed by atoms with Gasteiger partial charge in [0.05, 0.1) is 0 Å². The Balaban J connectivity index is 1.39. The van der Waals surface area contributed by atoms with Crippen molar-refractivity contribution in [3.8, 4) is 17.2 Å². The highest BCUT2D eigenvalue weighted by Gasteiger charge is 2.29. The predicted molar refractivity (Wildman–Crippen MR) is 123 cm³/mol. The van der Waals surface area contributed by atoms with Gasteiger partial charge in [0.1, 0.15) is 36.5 Å². The normalized spacial score (nSPS) is 18.4. The van der Waals surface area contributed by atoms with Crippen molar-refractivity contribution in [2.24, 2.45) is 0 Å². The van der Waals surface area contributed by atoms with Gasteiger partial charge in [0.25, 0.3) is 0 Å². The summed E-state index contributed by atoms with van der Waals surface area (Å²) in [5.41, 5.74) is 3.92. The van der Waals surface area contributed by atoms with Crippen LogP contribution in [0.4, 0.5) is 0 Å². The molecule has 2 aliphatic heterocycles. The number of hydrogen-bond acceptors (Lipinski definition) is 5. The maximum absolute atomic E-state index is 11.6. The number of nitrogens with zero attached hydrogens (tertiary/aromatic N) is 1. The summed E-state index contributed by atoms with van der Waals surface area (Å²) in [6, 6.07) is 11.1. The van der Waals surface area contributed by atoms with E-state index in [1.807, 2.05) is 41.3 Å². The molecule has 0 radical (unpaired) electrons. The number of ether oxygens (including phenoxy) is 2. The van der Waals surface area contributed by atoms with Crippen LogP contribution >= 0.6 is 0 Å². The number of phenolic OH excluding ortho intramolecular Hbond substituents is 1. The Bertz CT molecular complexity index is 1000. The van der Waals surface area contributed by atoms with Crippen LogP contribution in [-0.2, 0) is 17.8 Å². The molecule has 2 aliphatic rings. The molecule has 1 fully saturated rings. The van der Waals surface area contributed by atoms with E-state index in [9.17, 15) is 15.0 Å². The molecule has 2 N–H and O–H groups in total. The number of carboxylic acid groups (broad SMARTS) is 1. The number of hydrogen-bond donors (Lipinski definition) is 2. The lowest BCUT2D eigenvalue weighted by molar-refractivity contribution is -0.144. The van der Waals surface area contributed by atoms with Crippen molar-refractivity contribution in [2.75, 3.05) is 19.7 Å². The third-order valence-corrected chi connectivity index (χ3v) is 6.15. The summed E-state index contributed by atoms with van der Waals surface area (Å²) in [6.07, 6.45) is 6.78. The van der Waals surface area contributed by atoms with Gasteiger partial charge < -0.3 is 19.7 Å². The number of rotatable bonds is 8. The Morgan fingerprint density at radius 3 is 2.88 bits per heavy atom. The van der Waals surface area contributed by atoms with Gasteiger partial charge in [-0.25, -0.2) is 0 Å². The largest absolute Gasteiger partial charge is 0.508 e. The fourth-order valence-electron chi connectivity index (χ4n) is 4.43. The molecule has 2 aromatic carbocycles. The summed E-state index contributed by atoms with van der Waals surface area (Å²) in [7, 11) is 0. The number of benzene rings is 2. The number of aromatic hydroxyl groups is 1. The van der Waals surface area contributed by atoms with Crippen molar-refractivity contribution in [2.45, 2.75) is 51.7 Å². The minimum absolute atomic E-state index is 0.259. The highest BCUT2D eigenvalue weighted by atomic mass is 16.5. The standard InChI is InChI=1S/C26H31NO5/c1-2-5-18-7-8-21(24(28)13-18)17-31-22-10-9-20-12-19(16-32-25(20)14-22)15-27-11-4-3-6-23(27)26(29)30/h7-10,12-14,23,28H,2-6,11,15-17H2,1H3,(H,29,30). The third-order valence-electron chi connectivity index (χ3n) is 6.15. The van der Waals surface area contributed by atoms with Gasteiger partial charge in [-0.15, -0.1) is 0 Å². The number of carbonyl (C=O) groups is 1. The van der Waals surface area contributed by atoms with Gasteiger partial charge in [0.15, 0.2) is 0 Å². The summed E-state index contributed by atoms with van der Waals surface area (Å²) in [5, 5.41) is 19.7. The molecule has 0 aromatic heterocycles.